The Kier molecular flexibility index (Phi) is 3.63. The van der Waals surface area contributed by atoms with Gasteiger partial charge < -0.3 is 5.11 Å². The van der Waals surface area contributed by atoms with Crippen molar-refractivity contribution in [1.82, 2.24) is 19.7 Å². The van der Waals surface area contributed by atoms with E-state index in [-0.39, 0.29) is 0 Å². The van der Waals surface area contributed by atoms with E-state index < -0.39 is 6.10 Å². The highest BCUT2D eigenvalue weighted by atomic mass is 32.1. The second-order valence-corrected chi connectivity index (χ2v) is 4.44. The molecule has 2 rings (SSSR count). The van der Waals surface area contributed by atoms with Crippen molar-refractivity contribution >= 4 is 11.3 Å². The van der Waals surface area contributed by atoms with Gasteiger partial charge in [0.15, 0.2) is 0 Å². The Hall–Kier alpha value is -1.27. The highest BCUT2D eigenvalue weighted by Crippen LogP contribution is 2.20. The van der Waals surface area contributed by atoms with E-state index >= 15 is 0 Å². The van der Waals surface area contributed by atoms with E-state index in [1.54, 1.807) is 11.7 Å². The van der Waals surface area contributed by atoms with Gasteiger partial charge in [-0.2, -0.15) is 5.10 Å². The standard InChI is InChI=1S/C10H14N4OS/c1-2-3-14-10(12-6-13-14)4-8(15)9-5-11-7-16-9/h5-8,15H,2-4H2,1H3. The molecule has 86 valence electrons. The molecule has 2 aromatic rings. The van der Waals surface area contributed by atoms with Crippen LogP contribution in [0.4, 0.5) is 0 Å². The Bertz CT molecular complexity index is 426. The zero-order valence-corrected chi connectivity index (χ0v) is 9.89. The highest BCUT2D eigenvalue weighted by molar-refractivity contribution is 7.09. The average molecular weight is 238 g/mol. The molecule has 0 aliphatic carbocycles. The molecule has 0 saturated carbocycles. The van der Waals surface area contributed by atoms with E-state index in [1.807, 2.05) is 4.68 Å². The minimum Gasteiger partial charge on any atom is -0.387 e. The van der Waals surface area contributed by atoms with Crippen molar-refractivity contribution in [3.05, 3.63) is 28.7 Å². The number of aliphatic hydroxyl groups excluding tert-OH is 1. The summed E-state index contributed by atoms with van der Waals surface area (Å²) in [6, 6.07) is 0. The summed E-state index contributed by atoms with van der Waals surface area (Å²) in [5.41, 5.74) is 1.72. The van der Waals surface area contributed by atoms with Crippen LogP contribution in [0.3, 0.4) is 0 Å². The summed E-state index contributed by atoms with van der Waals surface area (Å²) in [5.74, 6) is 0.822. The molecule has 2 aromatic heterocycles. The maximum absolute atomic E-state index is 9.96. The molecule has 0 radical (unpaired) electrons. The van der Waals surface area contributed by atoms with E-state index in [2.05, 4.69) is 22.0 Å². The molecule has 1 atom stereocenters. The van der Waals surface area contributed by atoms with Crippen LogP contribution in [0.15, 0.2) is 18.0 Å². The van der Waals surface area contributed by atoms with Crippen molar-refractivity contribution in [1.29, 1.82) is 0 Å². The van der Waals surface area contributed by atoms with Crippen LogP contribution in [-0.2, 0) is 13.0 Å². The normalized spacial score (nSPS) is 12.9. The predicted molar refractivity (Wildman–Crippen MR) is 61.1 cm³/mol. The van der Waals surface area contributed by atoms with E-state index in [0.29, 0.717) is 6.42 Å². The fourth-order valence-electron chi connectivity index (χ4n) is 1.51. The van der Waals surface area contributed by atoms with Gasteiger partial charge in [-0.15, -0.1) is 11.3 Å². The van der Waals surface area contributed by atoms with Crippen LogP contribution >= 0.6 is 11.3 Å². The number of aryl methyl sites for hydroxylation is 1. The van der Waals surface area contributed by atoms with Crippen molar-refractivity contribution < 1.29 is 5.11 Å². The Labute approximate surface area is 97.8 Å². The van der Waals surface area contributed by atoms with E-state index in [0.717, 1.165) is 23.7 Å². The zero-order chi connectivity index (χ0) is 11.4. The molecule has 0 aromatic carbocycles. The molecule has 0 amide bonds. The maximum Gasteiger partial charge on any atom is 0.138 e. The van der Waals surface area contributed by atoms with E-state index in [4.69, 9.17) is 0 Å². The molecule has 0 saturated heterocycles. The Morgan fingerprint density at radius 1 is 1.56 bits per heavy atom. The SMILES string of the molecule is CCCn1ncnc1CC(O)c1cncs1. The van der Waals surface area contributed by atoms with E-state index in [9.17, 15) is 5.11 Å². The zero-order valence-electron chi connectivity index (χ0n) is 9.08. The second kappa shape index (κ2) is 5.18. The first kappa shape index (κ1) is 11.2. The summed E-state index contributed by atoms with van der Waals surface area (Å²) < 4.78 is 1.84. The summed E-state index contributed by atoms with van der Waals surface area (Å²) in [4.78, 5) is 8.97. The third kappa shape index (κ3) is 2.45. The fourth-order valence-corrected chi connectivity index (χ4v) is 2.11. The third-order valence-corrected chi connectivity index (χ3v) is 3.16. The van der Waals surface area contributed by atoms with Gasteiger partial charge in [-0.25, -0.2) is 4.98 Å². The monoisotopic (exact) mass is 238 g/mol. The number of hydrogen-bond donors (Lipinski definition) is 1. The number of rotatable bonds is 5. The fraction of sp³-hybridized carbons (Fsp3) is 0.500. The first-order valence-electron chi connectivity index (χ1n) is 5.24. The second-order valence-electron chi connectivity index (χ2n) is 3.52. The predicted octanol–water partition coefficient (Wildman–Crippen LogP) is 1.42. The number of thiazole rings is 1. The molecule has 0 spiro atoms. The quantitative estimate of drug-likeness (QED) is 0.855. The van der Waals surface area contributed by atoms with Gasteiger partial charge in [0.1, 0.15) is 12.2 Å². The van der Waals surface area contributed by atoms with Gasteiger partial charge in [-0.3, -0.25) is 9.67 Å². The minimum atomic E-state index is -0.535. The van der Waals surface area contributed by atoms with Crippen LogP contribution in [0.5, 0.6) is 0 Å². The summed E-state index contributed by atoms with van der Waals surface area (Å²) >= 11 is 1.45. The summed E-state index contributed by atoms with van der Waals surface area (Å²) in [6.07, 6.45) is 4.18. The first-order valence-corrected chi connectivity index (χ1v) is 6.12. The van der Waals surface area contributed by atoms with Gasteiger partial charge >= 0.3 is 0 Å². The summed E-state index contributed by atoms with van der Waals surface area (Å²) in [6.45, 7) is 2.93. The molecular weight excluding hydrogens is 224 g/mol. The topological polar surface area (TPSA) is 63.8 Å². The molecule has 1 unspecified atom stereocenters. The molecule has 2 heterocycles. The maximum atomic E-state index is 9.96. The van der Waals surface area contributed by atoms with Crippen LogP contribution in [0, 0.1) is 0 Å². The lowest BCUT2D eigenvalue weighted by molar-refractivity contribution is 0.177. The summed E-state index contributed by atoms with van der Waals surface area (Å²) in [5, 5.41) is 14.1. The van der Waals surface area contributed by atoms with Gasteiger partial charge in [0.2, 0.25) is 0 Å². The van der Waals surface area contributed by atoms with Crippen LogP contribution in [0.25, 0.3) is 0 Å². The summed E-state index contributed by atoms with van der Waals surface area (Å²) in [7, 11) is 0. The van der Waals surface area contributed by atoms with Crippen LogP contribution in [-0.4, -0.2) is 24.9 Å². The molecule has 1 N–H and O–H groups in total. The largest absolute Gasteiger partial charge is 0.387 e. The van der Waals surface area contributed by atoms with Crippen LogP contribution in [0.1, 0.15) is 30.2 Å². The number of nitrogens with zero attached hydrogens (tertiary/aromatic N) is 4. The van der Waals surface area contributed by atoms with Crippen molar-refractivity contribution in [2.24, 2.45) is 0 Å². The molecule has 0 aliphatic rings. The highest BCUT2D eigenvalue weighted by Gasteiger charge is 2.14. The van der Waals surface area contributed by atoms with Crippen LogP contribution < -0.4 is 0 Å². The minimum absolute atomic E-state index is 0.488. The molecular formula is C10H14N4OS. The van der Waals surface area contributed by atoms with Crippen molar-refractivity contribution in [3.63, 3.8) is 0 Å². The molecule has 6 heteroatoms. The van der Waals surface area contributed by atoms with Gasteiger partial charge in [-0.1, -0.05) is 6.92 Å². The third-order valence-electron chi connectivity index (χ3n) is 2.29. The molecule has 5 nitrogen and oxygen atoms in total. The van der Waals surface area contributed by atoms with Crippen molar-refractivity contribution in [3.8, 4) is 0 Å². The van der Waals surface area contributed by atoms with Gasteiger partial charge in [0.25, 0.3) is 0 Å². The van der Waals surface area contributed by atoms with Gasteiger partial charge in [-0.05, 0) is 6.42 Å². The van der Waals surface area contributed by atoms with Crippen LogP contribution in [0.2, 0.25) is 0 Å². The Balaban J connectivity index is 2.06. The van der Waals surface area contributed by atoms with Crippen molar-refractivity contribution in [2.45, 2.75) is 32.4 Å². The van der Waals surface area contributed by atoms with Gasteiger partial charge in [0, 0.05) is 19.2 Å². The molecule has 0 fully saturated rings. The Morgan fingerprint density at radius 2 is 2.44 bits per heavy atom. The first-order chi connectivity index (χ1) is 7.81. The van der Waals surface area contributed by atoms with Gasteiger partial charge in [0.05, 0.1) is 16.5 Å². The molecule has 0 bridgehead atoms. The lowest BCUT2D eigenvalue weighted by atomic mass is 10.2. The number of hydrogen-bond acceptors (Lipinski definition) is 5. The average Bonchev–Trinajstić information content (AvgIpc) is 2.90. The number of aliphatic hydroxyl groups is 1. The van der Waals surface area contributed by atoms with Crippen molar-refractivity contribution in [2.75, 3.05) is 0 Å². The smallest absolute Gasteiger partial charge is 0.138 e. The molecule has 16 heavy (non-hydrogen) atoms. The lowest BCUT2D eigenvalue weighted by Gasteiger charge is -2.08. The molecule has 0 aliphatic heterocycles. The van der Waals surface area contributed by atoms with E-state index in [1.165, 1.54) is 17.7 Å². The Morgan fingerprint density at radius 3 is 3.12 bits per heavy atom. The lowest BCUT2D eigenvalue weighted by Crippen LogP contribution is -2.09. The number of aromatic nitrogens is 4.